The summed E-state index contributed by atoms with van der Waals surface area (Å²) in [6, 6.07) is 7.36. The van der Waals surface area contributed by atoms with E-state index in [1.165, 1.54) is 0 Å². The number of ether oxygens (including phenoxy) is 5. The van der Waals surface area contributed by atoms with E-state index in [1.54, 1.807) is 51.1 Å². The quantitative estimate of drug-likeness (QED) is 0.130. The van der Waals surface area contributed by atoms with E-state index in [1.807, 2.05) is 0 Å². The topological polar surface area (TPSA) is 234 Å². The van der Waals surface area contributed by atoms with Gasteiger partial charge in [0.15, 0.2) is 6.29 Å². The van der Waals surface area contributed by atoms with Gasteiger partial charge in [-0.25, -0.2) is 9.59 Å². The van der Waals surface area contributed by atoms with E-state index in [9.17, 15) is 45.3 Å². The van der Waals surface area contributed by atoms with Crippen LogP contribution in [0.4, 0.5) is 4.79 Å². The minimum absolute atomic E-state index is 0.0230. The molecule has 2 aliphatic heterocycles. The zero-order valence-electron chi connectivity index (χ0n) is 22.9. The third-order valence-electron chi connectivity index (χ3n) is 6.52. The predicted octanol–water partition coefficient (Wildman–Crippen LogP) is -2.71. The van der Waals surface area contributed by atoms with E-state index in [-0.39, 0.29) is 6.42 Å². The van der Waals surface area contributed by atoms with Crippen molar-refractivity contribution < 1.29 is 69.0 Å². The van der Waals surface area contributed by atoms with Gasteiger partial charge in [-0.3, -0.25) is 0 Å². The summed E-state index contributed by atoms with van der Waals surface area (Å²) in [6.45, 7) is 2.39. The molecular weight excluding hydrogens is 550 g/mol. The Morgan fingerprint density at radius 2 is 1.59 bits per heavy atom. The van der Waals surface area contributed by atoms with Crippen LogP contribution in [-0.2, 0) is 34.9 Å². The highest BCUT2D eigenvalue weighted by molar-refractivity contribution is 5.81. The van der Waals surface area contributed by atoms with Gasteiger partial charge in [-0.05, 0) is 26.3 Å². The molecule has 8 N–H and O–H groups in total. The first-order valence-electron chi connectivity index (χ1n) is 13.0. The van der Waals surface area contributed by atoms with Crippen LogP contribution < -0.4 is 5.32 Å². The second-order valence-corrected chi connectivity index (χ2v) is 10.9. The Hall–Kier alpha value is -2.44. The van der Waals surface area contributed by atoms with Gasteiger partial charge in [-0.2, -0.15) is 0 Å². The molecule has 10 atom stereocenters. The van der Waals surface area contributed by atoms with E-state index < -0.39 is 98.3 Å². The second kappa shape index (κ2) is 13.7. The normalized spacial score (nSPS) is 34.6. The number of benzene rings is 1. The molecule has 0 saturated carbocycles. The van der Waals surface area contributed by atoms with Gasteiger partial charge in [0, 0.05) is 6.42 Å². The monoisotopic (exact) mass is 589 g/mol. The van der Waals surface area contributed by atoms with Crippen molar-refractivity contribution in [3.05, 3.63) is 35.9 Å². The summed E-state index contributed by atoms with van der Waals surface area (Å²) < 4.78 is 27.1. The molecule has 0 spiro atoms. The third-order valence-corrected chi connectivity index (χ3v) is 6.52. The maximum atomic E-state index is 13.3. The second-order valence-electron chi connectivity index (χ2n) is 10.9. The molecule has 2 saturated heterocycles. The summed E-state index contributed by atoms with van der Waals surface area (Å²) in [6.07, 6.45) is -14.8. The van der Waals surface area contributed by atoms with E-state index in [2.05, 4.69) is 5.32 Å². The van der Waals surface area contributed by atoms with Crippen LogP contribution in [0.25, 0.3) is 0 Å². The summed E-state index contributed by atoms with van der Waals surface area (Å²) >= 11 is 0. The van der Waals surface area contributed by atoms with E-state index in [0.717, 1.165) is 0 Å². The van der Waals surface area contributed by atoms with Gasteiger partial charge < -0.3 is 64.7 Å². The van der Waals surface area contributed by atoms with E-state index >= 15 is 0 Å². The first-order chi connectivity index (χ1) is 19.2. The lowest BCUT2D eigenvalue weighted by molar-refractivity contribution is -0.383. The number of aliphatic hydroxyl groups excluding tert-OH is 7. The van der Waals surface area contributed by atoms with Gasteiger partial charge in [-0.1, -0.05) is 30.3 Å². The smallest absolute Gasteiger partial charge is 0.408 e. The Bertz CT molecular complexity index is 1000. The lowest BCUT2D eigenvalue weighted by atomic mass is 9.99. The van der Waals surface area contributed by atoms with Crippen molar-refractivity contribution in [1.29, 1.82) is 0 Å². The summed E-state index contributed by atoms with van der Waals surface area (Å²) in [7, 11) is 0. The molecule has 2 fully saturated rings. The Balaban J connectivity index is 1.83. The molecule has 0 aromatic heterocycles. The lowest BCUT2D eigenvalue weighted by Crippen LogP contribution is -2.63. The minimum atomic E-state index is -2.46. The number of aliphatic hydroxyl groups is 7. The summed E-state index contributed by atoms with van der Waals surface area (Å²) in [5.41, 5.74) is -0.211. The molecule has 0 radical (unpaired) electrons. The molecule has 0 unspecified atom stereocenters. The minimum Gasteiger partial charge on any atom is -0.458 e. The number of rotatable bonds is 10. The van der Waals surface area contributed by atoms with Gasteiger partial charge in [-0.15, -0.1) is 0 Å². The highest BCUT2D eigenvalue weighted by atomic mass is 16.8. The Morgan fingerprint density at radius 1 is 0.951 bits per heavy atom. The molecule has 15 nitrogen and oxygen atoms in total. The average Bonchev–Trinajstić information content (AvgIpc) is 3.16. The largest absolute Gasteiger partial charge is 0.458 e. The van der Waals surface area contributed by atoms with Gasteiger partial charge in [0.1, 0.15) is 61.0 Å². The molecule has 3 rings (SSSR count). The fraction of sp³-hybridized carbons (Fsp3) is 0.692. The van der Waals surface area contributed by atoms with Crippen LogP contribution in [0.15, 0.2) is 30.3 Å². The van der Waals surface area contributed by atoms with Crippen LogP contribution in [0.2, 0.25) is 0 Å². The molecular formula is C26H39NO14. The van der Waals surface area contributed by atoms with Crippen LogP contribution in [0.5, 0.6) is 0 Å². The van der Waals surface area contributed by atoms with Crippen LogP contribution in [-0.4, -0.2) is 134 Å². The Kier molecular flexibility index (Phi) is 11.0. The fourth-order valence-corrected chi connectivity index (χ4v) is 4.38. The van der Waals surface area contributed by atoms with Crippen molar-refractivity contribution in [2.24, 2.45) is 0 Å². The number of carbonyl (C=O) groups excluding carboxylic acids is 2. The van der Waals surface area contributed by atoms with Crippen LogP contribution in [0.1, 0.15) is 26.3 Å². The zero-order valence-corrected chi connectivity index (χ0v) is 22.9. The number of carbonyl (C=O) groups is 2. The number of alkyl carbamates (subject to hydrolysis) is 1. The molecule has 15 heteroatoms. The molecule has 0 aliphatic carbocycles. The van der Waals surface area contributed by atoms with Gasteiger partial charge in [0.2, 0.25) is 5.79 Å². The first kappa shape index (κ1) is 33.1. The van der Waals surface area contributed by atoms with Crippen LogP contribution >= 0.6 is 0 Å². The third kappa shape index (κ3) is 8.10. The molecule has 1 amide bonds. The Morgan fingerprint density at radius 3 is 2.15 bits per heavy atom. The standard InChI is InChI=1S/C26H39NO14/c1-25(2,3)41-24(36)27-14(9-13-7-5-4-6-8-13)22(35)37-12-26(21(34)18(31)16(11-29)39-26)40-23-20(33)19(32)17(30)15(10-28)38-23/h4-8,14-21,23,28-34H,9-12H2,1-3H3,(H,27,36)/t14-,15+,16+,17+,18+,19-,20+,21-,23+,26-/m0/s1. The summed E-state index contributed by atoms with van der Waals surface area (Å²) in [5.74, 6) is -3.48. The molecule has 1 aromatic rings. The number of hydrogen-bond acceptors (Lipinski definition) is 14. The first-order valence-corrected chi connectivity index (χ1v) is 13.0. The lowest BCUT2D eigenvalue weighted by Gasteiger charge is -2.43. The van der Waals surface area contributed by atoms with Crippen molar-refractivity contribution in [2.45, 2.75) is 93.6 Å². The van der Waals surface area contributed by atoms with Gasteiger partial charge in [0.05, 0.1) is 13.2 Å². The maximum Gasteiger partial charge on any atom is 0.408 e. The van der Waals surface area contributed by atoms with Crippen LogP contribution in [0, 0.1) is 0 Å². The van der Waals surface area contributed by atoms with Crippen molar-refractivity contribution in [2.75, 3.05) is 19.8 Å². The number of amides is 1. The van der Waals surface area contributed by atoms with Gasteiger partial charge in [0.25, 0.3) is 0 Å². The zero-order chi connectivity index (χ0) is 30.5. The van der Waals surface area contributed by atoms with Crippen molar-refractivity contribution in [1.82, 2.24) is 5.32 Å². The molecule has 2 aliphatic rings. The van der Waals surface area contributed by atoms with Crippen molar-refractivity contribution in [3.63, 3.8) is 0 Å². The van der Waals surface area contributed by atoms with E-state index in [0.29, 0.717) is 5.56 Å². The van der Waals surface area contributed by atoms with E-state index in [4.69, 9.17) is 23.7 Å². The van der Waals surface area contributed by atoms with Crippen LogP contribution in [0.3, 0.4) is 0 Å². The van der Waals surface area contributed by atoms with Gasteiger partial charge >= 0.3 is 12.1 Å². The average molecular weight is 590 g/mol. The molecule has 41 heavy (non-hydrogen) atoms. The summed E-state index contributed by atoms with van der Waals surface area (Å²) in [4.78, 5) is 25.7. The molecule has 1 aromatic carbocycles. The predicted molar refractivity (Wildman–Crippen MR) is 136 cm³/mol. The molecule has 2 heterocycles. The maximum absolute atomic E-state index is 13.3. The number of esters is 1. The number of nitrogens with one attached hydrogen (secondary N) is 1. The highest BCUT2D eigenvalue weighted by Gasteiger charge is 2.59. The SMILES string of the molecule is CC(C)(C)OC(=O)N[C@@H](Cc1ccccc1)C(=O)OC[C@@]1(O[C@H]2O[C@H](CO)[C@@H](O)[C@H](O)[C@H]2O)O[C@H](CO)[C@@H](O)[C@@H]1O. The molecule has 232 valence electrons. The highest BCUT2D eigenvalue weighted by Crippen LogP contribution is 2.36. The Labute approximate surface area is 236 Å². The fourth-order valence-electron chi connectivity index (χ4n) is 4.38. The van der Waals surface area contributed by atoms with Crippen molar-refractivity contribution >= 4 is 12.1 Å². The van der Waals surface area contributed by atoms with Crippen molar-refractivity contribution in [3.8, 4) is 0 Å². The molecule has 0 bridgehead atoms. The number of hydrogen-bond donors (Lipinski definition) is 8. The summed E-state index contributed by atoms with van der Waals surface area (Å²) in [5, 5.41) is 73.4.